The fourth-order valence-corrected chi connectivity index (χ4v) is 4.00. The number of hydrogen-bond donors (Lipinski definition) is 2. The lowest BCUT2D eigenvalue weighted by Crippen LogP contribution is -2.24. The van der Waals surface area contributed by atoms with Crippen LogP contribution < -0.4 is 10.0 Å². The van der Waals surface area contributed by atoms with Crippen LogP contribution in [0.25, 0.3) is 0 Å². The van der Waals surface area contributed by atoms with Gasteiger partial charge in [0, 0.05) is 40.8 Å². The highest BCUT2D eigenvalue weighted by atomic mass is 32.2. The number of aromatic nitrogens is 1. The predicted molar refractivity (Wildman–Crippen MR) is 121 cm³/mol. The van der Waals surface area contributed by atoms with E-state index in [0.717, 1.165) is 33.7 Å². The minimum Gasteiger partial charge on any atom is -0.322 e. The molecule has 30 heavy (non-hydrogen) atoms. The van der Waals surface area contributed by atoms with Gasteiger partial charge in [0.2, 0.25) is 10.0 Å². The zero-order chi connectivity index (χ0) is 21.4. The SMILES string of the molecule is CS(=O)(=O)NCCc1ccc(C(=O)Nc2ccc(SCc3cccnc3)cc2)cc1. The molecule has 0 aliphatic rings. The normalized spacial score (nSPS) is 11.2. The van der Waals surface area contributed by atoms with Crippen molar-refractivity contribution in [2.45, 2.75) is 17.1 Å². The summed E-state index contributed by atoms with van der Waals surface area (Å²) in [5.41, 5.74) is 3.39. The zero-order valence-electron chi connectivity index (χ0n) is 16.5. The van der Waals surface area contributed by atoms with Gasteiger partial charge in [-0.3, -0.25) is 9.78 Å². The highest BCUT2D eigenvalue weighted by Gasteiger charge is 2.07. The Kier molecular flexibility index (Phi) is 7.62. The molecule has 8 heteroatoms. The molecule has 1 heterocycles. The molecule has 0 saturated heterocycles. The molecule has 0 fully saturated rings. The maximum absolute atomic E-state index is 12.5. The van der Waals surface area contributed by atoms with Crippen molar-refractivity contribution < 1.29 is 13.2 Å². The van der Waals surface area contributed by atoms with Crippen LogP contribution in [0.1, 0.15) is 21.5 Å². The van der Waals surface area contributed by atoms with E-state index >= 15 is 0 Å². The zero-order valence-corrected chi connectivity index (χ0v) is 18.2. The molecule has 0 aliphatic heterocycles. The summed E-state index contributed by atoms with van der Waals surface area (Å²) in [6.07, 6.45) is 5.31. The number of nitrogens with one attached hydrogen (secondary N) is 2. The Hall–Kier alpha value is -2.68. The van der Waals surface area contributed by atoms with E-state index in [0.29, 0.717) is 18.5 Å². The number of sulfonamides is 1. The van der Waals surface area contributed by atoms with Crippen molar-refractivity contribution in [3.05, 3.63) is 89.7 Å². The molecule has 0 spiro atoms. The molecule has 6 nitrogen and oxygen atoms in total. The Morgan fingerprint density at radius 2 is 1.73 bits per heavy atom. The van der Waals surface area contributed by atoms with Crippen LogP contribution in [-0.4, -0.2) is 32.1 Å². The first-order chi connectivity index (χ1) is 14.4. The second-order valence-corrected chi connectivity index (χ2v) is 9.62. The topological polar surface area (TPSA) is 88.2 Å². The minimum atomic E-state index is -3.19. The van der Waals surface area contributed by atoms with E-state index in [1.54, 1.807) is 30.1 Å². The summed E-state index contributed by atoms with van der Waals surface area (Å²) in [5.74, 6) is 0.651. The van der Waals surface area contributed by atoms with Crippen LogP contribution in [0.15, 0.2) is 78.0 Å². The van der Waals surface area contributed by atoms with Crippen molar-refractivity contribution in [2.24, 2.45) is 0 Å². The van der Waals surface area contributed by atoms with Crippen molar-refractivity contribution in [3.8, 4) is 0 Å². The van der Waals surface area contributed by atoms with Gasteiger partial charge >= 0.3 is 0 Å². The van der Waals surface area contributed by atoms with Crippen LogP contribution in [0.2, 0.25) is 0 Å². The van der Waals surface area contributed by atoms with E-state index in [1.807, 2.05) is 54.7 Å². The summed E-state index contributed by atoms with van der Waals surface area (Å²) in [4.78, 5) is 17.7. The van der Waals surface area contributed by atoms with Gasteiger partial charge < -0.3 is 5.32 Å². The monoisotopic (exact) mass is 441 g/mol. The Labute approximate surface area is 181 Å². The largest absolute Gasteiger partial charge is 0.322 e. The quantitative estimate of drug-likeness (QED) is 0.494. The van der Waals surface area contributed by atoms with Crippen molar-refractivity contribution in [1.82, 2.24) is 9.71 Å². The first kappa shape index (κ1) is 22.0. The summed E-state index contributed by atoms with van der Waals surface area (Å²) in [6.45, 7) is 0.329. The van der Waals surface area contributed by atoms with Gasteiger partial charge in [-0.05, 0) is 60.0 Å². The predicted octanol–water partition coefficient (Wildman–Crippen LogP) is 3.72. The number of carbonyl (C=O) groups excluding carboxylic acids is 1. The Morgan fingerprint density at radius 3 is 2.37 bits per heavy atom. The molecule has 3 aromatic rings. The van der Waals surface area contributed by atoms with Gasteiger partial charge in [-0.2, -0.15) is 0 Å². The number of hydrogen-bond acceptors (Lipinski definition) is 5. The molecule has 0 radical (unpaired) electrons. The van der Waals surface area contributed by atoms with Gasteiger partial charge in [-0.1, -0.05) is 18.2 Å². The van der Waals surface area contributed by atoms with E-state index in [9.17, 15) is 13.2 Å². The Balaban J connectivity index is 1.50. The molecule has 1 aromatic heterocycles. The third-order valence-electron chi connectivity index (χ3n) is 4.23. The lowest BCUT2D eigenvalue weighted by Gasteiger charge is -2.08. The summed E-state index contributed by atoms with van der Waals surface area (Å²) < 4.78 is 24.6. The van der Waals surface area contributed by atoms with Crippen molar-refractivity contribution in [1.29, 1.82) is 0 Å². The van der Waals surface area contributed by atoms with Crippen LogP contribution in [-0.2, 0) is 22.2 Å². The molecule has 0 unspecified atom stereocenters. The number of thioether (sulfide) groups is 1. The standard InChI is InChI=1S/C22H23N3O3S2/c1-30(27,28)24-14-12-17-4-6-19(7-5-17)22(26)25-20-8-10-21(11-9-20)29-16-18-3-2-13-23-15-18/h2-11,13,15,24H,12,14,16H2,1H3,(H,25,26). The van der Waals surface area contributed by atoms with E-state index in [-0.39, 0.29) is 5.91 Å². The molecule has 156 valence electrons. The molecule has 2 N–H and O–H groups in total. The fraction of sp³-hybridized carbons (Fsp3) is 0.182. The second kappa shape index (κ2) is 10.4. The molecule has 0 saturated carbocycles. The fourth-order valence-electron chi connectivity index (χ4n) is 2.69. The van der Waals surface area contributed by atoms with E-state index < -0.39 is 10.0 Å². The van der Waals surface area contributed by atoms with Gasteiger partial charge in [-0.15, -0.1) is 11.8 Å². The van der Waals surface area contributed by atoms with Crippen LogP contribution >= 0.6 is 11.8 Å². The summed E-state index contributed by atoms with van der Waals surface area (Å²) in [6, 6.07) is 18.8. The van der Waals surface area contributed by atoms with Crippen molar-refractivity contribution >= 4 is 33.4 Å². The molecule has 0 bridgehead atoms. The maximum Gasteiger partial charge on any atom is 0.255 e. The molecule has 3 rings (SSSR count). The molecular formula is C22H23N3O3S2. The van der Waals surface area contributed by atoms with Crippen molar-refractivity contribution in [3.63, 3.8) is 0 Å². The van der Waals surface area contributed by atoms with E-state index in [1.165, 1.54) is 0 Å². The molecular weight excluding hydrogens is 418 g/mol. The first-order valence-electron chi connectivity index (χ1n) is 9.36. The van der Waals surface area contributed by atoms with Gasteiger partial charge in [0.05, 0.1) is 6.26 Å². The highest BCUT2D eigenvalue weighted by molar-refractivity contribution is 7.98. The first-order valence-corrected chi connectivity index (χ1v) is 12.2. The number of carbonyl (C=O) groups is 1. The van der Waals surface area contributed by atoms with Crippen LogP contribution in [0.4, 0.5) is 5.69 Å². The number of nitrogens with zero attached hydrogens (tertiary/aromatic N) is 1. The third-order valence-corrected chi connectivity index (χ3v) is 6.05. The molecule has 0 aliphatic carbocycles. The van der Waals surface area contributed by atoms with E-state index in [2.05, 4.69) is 15.0 Å². The van der Waals surface area contributed by atoms with Gasteiger partial charge in [0.25, 0.3) is 5.91 Å². The lowest BCUT2D eigenvalue weighted by atomic mass is 10.1. The van der Waals surface area contributed by atoms with Gasteiger partial charge in [0.1, 0.15) is 0 Å². The van der Waals surface area contributed by atoms with Gasteiger partial charge in [0.15, 0.2) is 0 Å². The maximum atomic E-state index is 12.5. The number of amides is 1. The summed E-state index contributed by atoms with van der Waals surface area (Å²) >= 11 is 1.71. The molecule has 2 aromatic carbocycles. The summed E-state index contributed by atoms with van der Waals surface area (Å²) in [7, 11) is -3.19. The van der Waals surface area contributed by atoms with Crippen LogP contribution in [0.3, 0.4) is 0 Å². The highest BCUT2D eigenvalue weighted by Crippen LogP contribution is 2.24. The average molecular weight is 442 g/mol. The number of benzene rings is 2. The number of anilines is 1. The summed E-state index contributed by atoms with van der Waals surface area (Å²) in [5, 5.41) is 2.89. The second-order valence-electron chi connectivity index (χ2n) is 6.74. The molecule has 1 amide bonds. The number of rotatable bonds is 9. The average Bonchev–Trinajstić information content (AvgIpc) is 2.73. The third kappa shape index (κ3) is 7.29. The smallest absolute Gasteiger partial charge is 0.255 e. The lowest BCUT2D eigenvalue weighted by molar-refractivity contribution is 0.102. The van der Waals surface area contributed by atoms with Crippen LogP contribution in [0, 0.1) is 0 Å². The Bertz CT molecular complexity index is 1070. The van der Waals surface area contributed by atoms with Crippen molar-refractivity contribution in [2.75, 3.05) is 18.1 Å². The van der Waals surface area contributed by atoms with E-state index in [4.69, 9.17) is 0 Å². The minimum absolute atomic E-state index is 0.188. The van der Waals surface area contributed by atoms with Gasteiger partial charge in [-0.25, -0.2) is 13.1 Å². The number of pyridine rings is 1. The Morgan fingerprint density at radius 1 is 1.00 bits per heavy atom. The van der Waals surface area contributed by atoms with Crippen LogP contribution in [0.5, 0.6) is 0 Å². The molecule has 0 atom stereocenters.